The third-order valence-electron chi connectivity index (χ3n) is 6.09. The summed E-state index contributed by atoms with van der Waals surface area (Å²) in [7, 11) is 0. The molecule has 3 fully saturated rings. The first-order valence-electron chi connectivity index (χ1n) is 10.6. The highest BCUT2D eigenvalue weighted by Gasteiger charge is 2.53. The number of ether oxygens (including phenoxy) is 5. The molecule has 3 aliphatic rings. The minimum Gasteiger partial charge on any atom is -0.394 e. The highest BCUT2D eigenvalue weighted by atomic mass is 16.8. The average Bonchev–Trinajstić information content (AvgIpc) is 2.83. The maximum Gasteiger partial charge on any atom is 0.187 e. The molecule has 3 heterocycles. The first-order valence-corrected chi connectivity index (χ1v) is 10.6. The van der Waals surface area contributed by atoms with Gasteiger partial charge in [-0.15, -0.1) is 0 Å². The van der Waals surface area contributed by atoms with Crippen LogP contribution in [0.3, 0.4) is 0 Å². The predicted molar refractivity (Wildman–Crippen MR) is 101 cm³/mol. The maximum atomic E-state index is 10.6. The van der Waals surface area contributed by atoms with E-state index in [0.29, 0.717) is 0 Å². The molecule has 0 spiro atoms. The summed E-state index contributed by atoms with van der Waals surface area (Å²) in [5.74, 6) is 0. The fourth-order valence-corrected chi connectivity index (χ4v) is 4.06. The van der Waals surface area contributed by atoms with Crippen LogP contribution in [0.25, 0.3) is 0 Å². The van der Waals surface area contributed by atoms with Crippen LogP contribution in [0.5, 0.6) is 0 Å². The smallest absolute Gasteiger partial charge is 0.187 e. The van der Waals surface area contributed by atoms with Gasteiger partial charge in [0.2, 0.25) is 0 Å². The Morgan fingerprint density at radius 1 is 0.441 bits per heavy atom. The van der Waals surface area contributed by atoms with Crippen molar-refractivity contribution in [1.82, 2.24) is 0 Å². The molecule has 0 bridgehead atoms. The molecule has 1 unspecified atom stereocenters. The van der Waals surface area contributed by atoms with Gasteiger partial charge in [0.15, 0.2) is 18.9 Å². The van der Waals surface area contributed by atoms with Gasteiger partial charge in [-0.05, 0) is 0 Å². The van der Waals surface area contributed by atoms with E-state index in [-0.39, 0.29) is 0 Å². The number of hydrogen-bond acceptors (Lipinski definition) is 16. The van der Waals surface area contributed by atoms with Gasteiger partial charge in [-0.3, -0.25) is 0 Å². The molecule has 16 heteroatoms. The fraction of sp³-hybridized carbons (Fsp3) is 1.00. The van der Waals surface area contributed by atoms with Gasteiger partial charge < -0.3 is 79.9 Å². The lowest BCUT2D eigenvalue weighted by Gasteiger charge is -2.47. The first kappa shape index (κ1) is 27.9. The van der Waals surface area contributed by atoms with Crippen LogP contribution in [-0.2, 0) is 23.7 Å². The minimum atomic E-state index is -1.91. The van der Waals surface area contributed by atoms with Crippen molar-refractivity contribution in [2.24, 2.45) is 0 Å². The maximum absolute atomic E-state index is 10.6. The van der Waals surface area contributed by atoms with Crippen molar-refractivity contribution in [2.75, 3.05) is 19.8 Å². The normalized spacial score (nSPS) is 52.5. The van der Waals surface area contributed by atoms with Crippen LogP contribution in [0.15, 0.2) is 0 Å². The van der Waals surface area contributed by atoms with Gasteiger partial charge in [0.25, 0.3) is 0 Å². The summed E-state index contributed by atoms with van der Waals surface area (Å²) in [6.07, 6.45) is -25.1. The van der Waals surface area contributed by atoms with Crippen molar-refractivity contribution in [3.63, 3.8) is 0 Å². The van der Waals surface area contributed by atoms with Crippen molar-refractivity contribution in [3.05, 3.63) is 0 Å². The van der Waals surface area contributed by atoms with Gasteiger partial charge in [-0.2, -0.15) is 0 Å². The molecule has 16 nitrogen and oxygen atoms in total. The monoisotopic (exact) mass is 504 g/mol. The van der Waals surface area contributed by atoms with E-state index in [0.717, 1.165) is 0 Å². The highest BCUT2D eigenvalue weighted by molar-refractivity contribution is 4.96. The van der Waals surface area contributed by atoms with Gasteiger partial charge in [0.1, 0.15) is 73.2 Å². The molecule has 15 atom stereocenters. The molecule has 0 aromatic rings. The molecule has 200 valence electrons. The van der Waals surface area contributed by atoms with Crippen molar-refractivity contribution < 1.29 is 79.9 Å². The molecule has 3 rings (SSSR count). The summed E-state index contributed by atoms with van der Waals surface area (Å²) >= 11 is 0. The summed E-state index contributed by atoms with van der Waals surface area (Å²) in [6.45, 7) is -2.32. The SMILES string of the molecule is OC[C@@H]1O[C@@H](O[C@H]2[C@H](O)[C@@H](O)[C@@H](O[C@H]3[C@H](O)[C@@H](O)C(O)O[C@@H]3CO)O[C@H]2CO)[C@@H](O)[C@H](O)[C@@H]1O. The Morgan fingerprint density at radius 3 is 1.35 bits per heavy atom. The van der Waals surface area contributed by atoms with Crippen LogP contribution in [0.2, 0.25) is 0 Å². The molecule has 3 aliphatic heterocycles. The minimum absolute atomic E-state index is 0.741. The Balaban J connectivity index is 1.72. The van der Waals surface area contributed by atoms with Crippen LogP contribution in [0, 0.1) is 0 Å². The zero-order chi connectivity index (χ0) is 25.3. The van der Waals surface area contributed by atoms with Crippen molar-refractivity contribution in [3.8, 4) is 0 Å². The molecule has 0 aromatic heterocycles. The van der Waals surface area contributed by atoms with E-state index in [2.05, 4.69) is 0 Å². The number of hydrogen-bond donors (Lipinski definition) is 11. The number of aliphatic hydroxyl groups excluding tert-OH is 11. The Labute approximate surface area is 192 Å². The fourth-order valence-electron chi connectivity index (χ4n) is 4.06. The van der Waals surface area contributed by atoms with Crippen LogP contribution in [0.4, 0.5) is 0 Å². The van der Waals surface area contributed by atoms with Crippen LogP contribution >= 0.6 is 0 Å². The summed E-state index contributed by atoms with van der Waals surface area (Å²) < 4.78 is 26.4. The molecule has 3 saturated heterocycles. The quantitative estimate of drug-likeness (QED) is 0.154. The lowest BCUT2D eigenvalue weighted by Crippen LogP contribution is -2.66. The van der Waals surface area contributed by atoms with Crippen molar-refractivity contribution in [1.29, 1.82) is 0 Å². The summed E-state index contributed by atoms with van der Waals surface area (Å²) in [6, 6.07) is 0. The lowest BCUT2D eigenvalue weighted by atomic mass is 9.96. The summed E-state index contributed by atoms with van der Waals surface area (Å²) in [4.78, 5) is 0. The summed E-state index contributed by atoms with van der Waals surface area (Å²) in [5.41, 5.74) is 0. The van der Waals surface area contributed by atoms with E-state index in [1.54, 1.807) is 0 Å². The third kappa shape index (κ3) is 5.37. The Kier molecular flexibility index (Phi) is 9.54. The second-order valence-corrected chi connectivity index (χ2v) is 8.33. The van der Waals surface area contributed by atoms with Gasteiger partial charge >= 0.3 is 0 Å². The molecule has 0 radical (unpaired) electrons. The zero-order valence-electron chi connectivity index (χ0n) is 17.7. The largest absolute Gasteiger partial charge is 0.394 e. The van der Waals surface area contributed by atoms with Crippen LogP contribution < -0.4 is 0 Å². The van der Waals surface area contributed by atoms with Gasteiger partial charge in [-0.25, -0.2) is 0 Å². The average molecular weight is 504 g/mol. The van der Waals surface area contributed by atoms with E-state index < -0.39 is 112 Å². The van der Waals surface area contributed by atoms with E-state index in [1.807, 2.05) is 0 Å². The van der Waals surface area contributed by atoms with Crippen LogP contribution in [0.1, 0.15) is 0 Å². The van der Waals surface area contributed by atoms with E-state index in [4.69, 9.17) is 23.7 Å². The number of aliphatic hydroxyl groups is 11. The van der Waals surface area contributed by atoms with Crippen molar-refractivity contribution in [2.45, 2.75) is 92.1 Å². The topological polar surface area (TPSA) is 269 Å². The molecular formula is C18H32O16. The van der Waals surface area contributed by atoms with Crippen molar-refractivity contribution >= 4 is 0 Å². The molecule has 11 N–H and O–H groups in total. The number of rotatable bonds is 7. The van der Waals surface area contributed by atoms with E-state index in [9.17, 15) is 56.2 Å². The predicted octanol–water partition coefficient (Wildman–Crippen LogP) is -7.57. The molecule has 34 heavy (non-hydrogen) atoms. The van der Waals surface area contributed by atoms with Gasteiger partial charge in [0.05, 0.1) is 19.8 Å². The highest BCUT2D eigenvalue weighted by Crippen LogP contribution is 2.32. The Hall–Kier alpha value is -0.640. The zero-order valence-corrected chi connectivity index (χ0v) is 17.7. The molecular weight excluding hydrogens is 472 g/mol. The summed E-state index contributed by atoms with van der Waals surface area (Å²) in [5, 5.41) is 109. The molecule has 0 amide bonds. The van der Waals surface area contributed by atoms with Gasteiger partial charge in [0, 0.05) is 0 Å². The van der Waals surface area contributed by atoms with Gasteiger partial charge in [-0.1, -0.05) is 0 Å². The van der Waals surface area contributed by atoms with E-state index >= 15 is 0 Å². The Bertz CT molecular complexity index is 635. The third-order valence-corrected chi connectivity index (χ3v) is 6.09. The molecule has 0 saturated carbocycles. The van der Waals surface area contributed by atoms with E-state index in [1.165, 1.54) is 0 Å². The van der Waals surface area contributed by atoms with Crippen LogP contribution in [-0.4, -0.2) is 168 Å². The first-order chi connectivity index (χ1) is 16.0. The standard InChI is InChI=1S/C18H32O16/c19-1-4-7(22)8(23)12(27)17(31-4)34-15-6(3-21)32-18(13(28)10(15)25)33-14-5(2-20)30-16(29)11(26)9(14)24/h4-29H,1-3H2/t4-,5+,6-,7+,8+,9+,10+,11+,12-,13+,14+,15+,16?,17-,18+/m0/s1. The molecule has 0 aromatic carbocycles. The second kappa shape index (κ2) is 11.6. The lowest BCUT2D eigenvalue weighted by molar-refractivity contribution is -0.377. The Morgan fingerprint density at radius 2 is 0.853 bits per heavy atom. The second-order valence-electron chi connectivity index (χ2n) is 8.33. The molecule has 0 aliphatic carbocycles.